The van der Waals surface area contributed by atoms with Crippen molar-refractivity contribution in [2.45, 2.75) is 20.3 Å². The number of piperazine rings is 1. The number of aromatic nitrogens is 2. The summed E-state index contributed by atoms with van der Waals surface area (Å²) in [5.41, 5.74) is 1.82. The zero-order valence-electron chi connectivity index (χ0n) is 19.2. The average molecular weight is 488 g/mol. The molecular weight excluding hydrogens is 458 g/mol. The predicted molar refractivity (Wildman–Crippen MR) is 137 cm³/mol. The Labute approximate surface area is 203 Å². The summed E-state index contributed by atoms with van der Waals surface area (Å²) >= 11 is 6.68. The van der Waals surface area contributed by atoms with Crippen LogP contribution < -0.4 is 10.5 Å². The third kappa shape index (κ3) is 4.98. The van der Waals surface area contributed by atoms with Crippen LogP contribution in [0, 0.1) is 6.92 Å². The smallest absolute Gasteiger partial charge is 0.267 e. The lowest BCUT2D eigenvalue weighted by atomic mass is 10.2. The molecule has 10 heteroatoms. The van der Waals surface area contributed by atoms with Crippen molar-refractivity contribution in [3.8, 4) is 0 Å². The van der Waals surface area contributed by atoms with Crippen molar-refractivity contribution in [3.63, 3.8) is 0 Å². The van der Waals surface area contributed by atoms with Crippen LogP contribution in [0.25, 0.3) is 11.7 Å². The fraction of sp³-hybridized carbons (Fsp3) is 0.478. The largest absolute Gasteiger partial charge is 0.385 e. The molecule has 0 bridgehead atoms. The highest BCUT2D eigenvalue weighted by Crippen LogP contribution is 2.33. The quantitative estimate of drug-likeness (QED) is 0.335. The highest BCUT2D eigenvalue weighted by Gasteiger charge is 2.32. The van der Waals surface area contributed by atoms with E-state index < -0.39 is 0 Å². The number of hydrogen-bond acceptors (Lipinski definition) is 8. The molecule has 2 saturated heterocycles. The van der Waals surface area contributed by atoms with Gasteiger partial charge in [0.2, 0.25) is 0 Å². The van der Waals surface area contributed by atoms with Gasteiger partial charge in [-0.2, -0.15) is 0 Å². The molecule has 8 nitrogen and oxygen atoms in total. The topological polar surface area (TPSA) is 70.4 Å². The van der Waals surface area contributed by atoms with Crippen LogP contribution in [-0.4, -0.2) is 82.4 Å². The predicted octanol–water partition coefficient (Wildman–Crippen LogP) is 2.38. The fourth-order valence-electron chi connectivity index (χ4n) is 4.08. The Bertz CT molecular complexity index is 1150. The van der Waals surface area contributed by atoms with E-state index in [-0.39, 0.29) is 11.5 Å². The third-order valence-corrected chi connectivity index (χ3v) is 7.36. The second-order valence-corrected chi connectivity index (χ2v) is 9.87. The Morgan fingerprint density at radius 3 is 2.67 bits per heavy atom. The van der Waals surface area contributed by atoms with Gasteiger partial charge in [-0.25, -0.2) is 4.98 Å². The first-order chi connectivity index (χ1) is 15.9. The lowest BCUT2D eigenvalue weighted by molar-refractivity contribution is -0.122. The van der Waals surface area contributed by atoms with E-state index in [1.54, 1.807) is 28.7 Å². The van der Waals surface area contributed by atoms with Crippen molar-refractivity contribution in [2.75, 3.05) is 57.9 Å². The van der Waals surface area contributed by atoms with Gasteiger partial charge in [-0.15, -0.1) is 0 Å². The number of carbonyl (C=O) groups is 1. The van der Waals surface area contributed by atoms with Gasteiger partial charge in [-0.3, -0.25) is 18.9 Å². The van der Waals surface area contributed by atoms with E-state index >= 15 is 0 Å². The summed E-state index contributed by atoms with van der Waals surface area (Å²) in [6, 6.07) is 3.81. The zero-order valence-corrected chi connectivity index (χ0v) is 20.9. The molecule has 0 radical (unpaired) electrons. The molecule has 0 unspecified atom stereocenters. The van der Waals surface area contributed by atoms with Crippen LogP contribution >= 0.6 is 24.0 Å². The molecule has 4 heterocycles. The van der Waals surface area contributed by atoms with E-state index in [0.29, 0.717) is 45.8 Å². The first-order valence-electron chi connectivity index (χ1n) is 11.2. The van der Waals surface area contributed by atoms with Gasteiger partial charge in [0.25, 0.3) is 11.5 Å². The molecule has 2 aliphatic rings. The van der Waals surface area contributed by atoms with Crippen LogP contribution in [0.1, 0.15) is 24.5 Å². The summed E-state index contributed by atoms with van der Waals surface area (Å²) in [6.07, 6.45) is 4.17. The summed E-state index contributed by atoms with van der Waals surface area (Å²) in [7, 11) is 1.63. The average Bonchev–Trinajstić information content (AvgIpc) is 3.08. The molecular formula is C23H29N5O3S2. The maximum atomic E-state index is 13.6. The van der Waals surface area contributed by atoms with Crippen molar-refractivity contribution in [2.24, 2.45) is 0 Å². The molecule has 0 aromatic carbocycles. The maximum absolute atomic E-state index is 13.6. The summed E-state index contributed by atoms with van der Waals surface area (Å²) in [5.74, 6) is 0.459. The lowest BCUT2D eigenvalue weighted by Gasteiger charge is -2.35. The van der Waals surface area contributed by atoms with E-state index in [9.17, 15) is 9.59 Å². The molecule has 2 fully saturated rings. The number of carbonyl (C=O) groups excluding carboxylic acids is 1. The van der Waals surface area contributed by atoms with Crippen LogP contribution in [0.2, 0.25) is 0 Å². The molecule has 0 N–H and O–H groups in total. The number of fused-ring (bicyclic) bond motifs is 1. The molecule has 2 aromatic rings. The van der Waals surface area contributed by atoms with Crippen molar-refractivity contribution < 1.29 is 9.53 Å². The normalized spacial score (nSPS) is 18.8. The third-order valence-electron chi connectivity index (χ3n) is 5.98. The molecule has 0 saturated carbocycles. The standard InChI is InChI=1S/C23H29N5O3S2/c1-4-25-9-11-26(12-10-25)20-17(21(29)28-15-16(2)6-7-19(28)24-20)14-18-22(30)27(23(32)33-18)8-5-13-31-3/h6-7,14-15H,4-5,8-13H2,1-3H3/b18-14+. The van der Waals surface area contributed by atoms with Crippen molar-refractivity contribution >= 4 is 51.7 Å². The number of nitrogens with zero attached hydrogens (tertiary/aromatic N) is 5. The second kappa shape index (κ2) is 10.3. The summed E-state index contributed by atoms with van der Waals surface area (Å²) in [5, 5.41) is 0. The Hall–Kier alpha value is -2.27. The molecule has 0 atom stereocenters. The van der Waals surface area contributed by atoms with Gasteiger partial charge in [0.05, 0.1) is 10.5 Å². The number of rotatable bonds is 7. The van der Waals surface area contributed by atoms with Crippen LogP contribution in [-0.2, 0) is 9.53 Å². The molecule has 33 heavy (non-hydrogen) atoms. The number of aryl methyl sites for hydroxylation is 1. The first kappa shape index (κ1) is 23.9. The van der Waals surface area contributed by atoms with Crippen LogP contribution in [0.3, 0.4) is 0 Å². The molecule has 2 aliphatic heterocycles. The minimum atomic E-state index is -0.179. The molecule has 2 aromatic heterocycles. The number of ether oxygens (including phenoxy) is 1. The van der Waals surface area contributed by atoms with Gasteiger partial charge in [0.1, 0.15) is 15.8 Å². The second-order valence-electron chi connectivity index (χ2n) is 8.19. The Balaban J connectivity index is 1.75. The SMILES string of the molecule is CCN1CCN(c2nc3ccc(C)cn3c(=O)c2/C=C2/SC(=S)N(CCCOC)C2=O)CC1. The number of thiocarbonyl (C=S) groups is 1. The van der Waals surface area contributed by atoms with E-state index in [1.807, 2.05) is 19.1 Å². The minimum Gasteiger partial charge on any atom is -0.385 e. The van der Waals surface area contributed by atoms with E-state index in [1.165, 1.54) is 11.8 Å². The van der Waals surface area contributed by atoms with Gasteiger partial charge in [-0.1, -0.05) is 37.0 Å². The van der Waals surface area contributed by atoms with Crippen LogP contribution in [0.15, 0.2) is 28.0 Å². The van der Waals surface area contributed by atoms with Gasteiger partial charge in [0.15, 0.2) is 0 Å². The van der Waals surface area contributed by atoms with Crippen LogP contribution in [0.5, 0.6) is 0 Å². The van der Waals surface area contributed by atoms with Crippen molar-refractivity contribution in [1.82, 2.24) is 19.2 Å². The maximum Gasteiger partial charge on any atom is 0.267 e. The number of anilines is 1. The molecule has 4 rings (SSSR count). The number of methoxy groups -OCH3 is 1. The lowest BCUT2D eigenvalue weighted by Crippen LogP contribution is -2.47. The minimum absolute atomic E-state index is 0.170. The first-order valence-corrected chi connectivity index (χ1v) is 12.4. The van der Waals surface area contributed by atoms with E-state index in [0.717, 1.165) is 38.3 Å². The van der Waals surface area contributed by atoms with Gasteiger partial charge < -0.3 is 14.5 Å². The van der Waals surface area contributed by atoms with Gasteiger partial charge in [-0.05, 0) is 37.6 Å². The van der Waals surface area contributed by atoms with Crippen molar-refractivity contribution in [1.29, 1.82) is 0 Å². The molecule has 176 valence electrons. The number of pyridine rings is 1. The van der Waals surface area contributed by atoms with Gasteiger partial charge in [0, 0.05) is 52.6 Å². The summed E-state index contributed by atoms with van der Waals surface area (Å²) < 4.78 is 7.16. The van der Waals surface area contributed by atoms with Gasteiger partial charge >= 0.3 is 0 Å². The highest BCUT2D eigenvalue weighted by molar-refractivity contribution is 8.26. The van der Waals surface area contributed by atoms with E-state index in [2.05, 4.69) is 16.7 Å². The molecule has 0 spiro atoms. The highest BCUT2D eigenvalue weighted by atomic mass is 32.2. The number of hydrogen-bond donors (Lipinski definition) is 0. The van der Waals surface area contributed by atoms with Crippen molar-refractivity contribution in [3.05, 3.63) is 44.7 Å². The monoisotopic (exact) mass is 487 g/mol. The summed E-state index contributed by atoms with van der Waals surface area (Å²) in [4.78, 5) is 38.1. The zero-order chi connectivity index (χ0) is 23.5. The number of thioether (sulfide) groups is 1. The fourth-order valence-corrected chi connectivity index (χ4v) is 5.37. The Morgan fingerprint density at radius 2 is 1.97 bits per heavy atom. The Morgan fingerprint density at radius 1 is 1.21 bits per heavy atom. The van der Waals surface area contributed by atoms with E-state index in [4.69, 9.17) is 21.9 Å². The van der Waals surface area contributed by atoms with Crippen LogP contribution in [0.4, 0.5) is 5.82 Å². The number of amides is 1. The number of likely N-dealkylation sites (N-methyl/N-ethyl adjacent to an activating group) is 1. The summed E-state index contributed by atoms with van der Waals surface area (Å²) in [6.45, 7) is 9.52. The Kier molecular flexibility index (Phi) is 7.48. The molecule has 1 amide bonds. The molecule has 0 aliphatic carbocycles.